The maximum Gasteiger partial charge on any atom is 0.122 e. The molecule has 0 radical (unpaired) electrons. The van der Waals surface area contributed by atoms with Gasteiger partial charge in [-0.1, -0.05) is 26.8 Å². The quantitative estimate of drug-likeness (QED) is 0.881. The van der Waals surface area contributed by atoms with Crippen LogP contribution >= 0.6 is 11.8 Å². The first-order chi connectivity index (χ1) is 8.40. The van der Waals surface area contributed by atoms with Crippen molar-refractivity contribution in [1.29, 1.82) is 0 Å². The van der Waals surface area contributed by atoms with Crippen LogP contribution in [0.2, 0.25) is 0 Å². The first kappa shape index (κ1) is 15.4. The summed E-state index contributed by atoms with van der Waals surface area (Å²) in [7, 11) is 1.69. The van der Waals surface area contributed by atoms with Crippen LogP contribution in [0.15, 0.2) is 18.2 Å². The molecule has 0 bridgehead atoms. The minimum absolute atomic E-state index is 0.0145. The lowest BCUT2D eigenvalue weighted by molar-refractivity contribution is 0.174. The molecule has 1 aromatic rings. The largest absolute Gasteiger partial charge is 0.496 e. The highest BCUT2D eigenvalue weighted by Gasteiger charge is 2.20. The molecule has 0 spiro atoms. The smallest absolute Gasteiger partial charge is 0.122 e. The third kappa shape index (κ3) is 3.92. The van der Waals surface area contributed by atoms with Crippen molar-refractivity contribution in [1.82, 2.24) is 0 Å². The molecule has 2 nitrogen and oxygen atoms in total. The SMILES string of the molecule is COc1ccc(C(O)CCSC)cc1C(C)(C)C. The molecule has 3 heteroatoms. The molecule has 102 valence electrons. The van der Waals surface area contributed by atoms with Crippen LogP contribution in [-0.2, 0) is 5.41 Å². The molecule has 18 heavy (non-hydrogen) atoms. The van der Waals surface area contributed by atoms with Crippen molar-refractivity contribution >= 4 is 11.8 Å². The fraction of sp³-hybridized carbons (Fsp3) is 0.600. The maximum atomic E-state index is 10.2. The number of thioether (sulfide) groups is 1. The Morgan fingerprint density at radius 2 is 2.00 bits per heavy atom. The van der Waals surface area contributed by atoms with E-state index in [1.165, 1.54) is 0 Å². The van der Waals surface area contributed by atoms with Crippen LogP contribution < -0.4 is 4.74 Å². The molecule has 1 atom stereocenters. The van der Waals surface area contributed by atoms with Crippen LogP contribution in [0.4, 0.5) is 0 Å². The van der Waals surface area contributed by atoms with E-state index in [0.717, 1.165) is 29.1 Å². The van der Waals surface area contributed by atoms with Crippen molar-refractivity contribution in [3.63, 3.8) is 0 Å². The van der Waals surface area contributed by atoms with Gasteiger partial charge in [0, 0.05) is 0 Å². The van der Waals surface area contributed by atoms with Gasteiger partial charge in [0.05, 0.1) is 13.2 Å². The molecule has 0 saturated carbocycles. The van der Waals surface area contributed by atoms with Crippen LogP contribution in [0.3, 0.4) is 0 Å². The zero-order chi connectivity index (χ0) is 13.8. The second-order valence-electron chi connectivity index (χ2n) is 5.51. The Morgan fingerprint density at radius 3 is 2.50 bits per heavy atom. The van der Waals surface area contributed by atoms with Crippen LogP contribution in [0.1, 0.15) is 44.4 Å². The van der Waals surface area contributed by atoms with Gasteiger partial charge in [-0.2, -0.15) is 11.8 Å². The van der Waals surface area contributed by atoms with Crippen molar-refractivity contribution in [2.24, 2.45) is 0 Å². The summed E-state index contributed by atoms with van der Waals surface area (Å²) in [6, 6.07) is 5.99. The number of benzene rings is 1. The molecular weight excluding hydrogens is 244 g/mol. The fourth-order valence-corrected chi connectivity index (χ4v) is 2.37. The van der Waals surface area contributed by atoms with E-state index in [1.54, 1.807) is 18.9 Å². The first-order valence-electron chi connectivity index (χ1n) is 6.25. The predicted octanol–water partition coefficient (Wildman–Crippen LogP) is 3.78. The molecule has 0 aliphatic carbocycles. The lowest BCUT2D eigenvalue weighted by Crippen LogP contribution is -2.14. The van der Waals surface area contributed by atoms with Crippen molar-refractivity contribution in [2.75, 3.05) is 19.1 Å². The standard InChI is InChI=1S/C15H24O2S/c1-15(2,3)12-10-11(6-7-14(12)17-4)13(16)8-9-18-5/h6-7,10,13,16H,8-9H2,1-5H3. The summed E-state index contributed by atoms with van der Waals surface area (Å²) in [6.45, 7) is 6.47. The van der Waals surface area contributed by atoms with Crippen molar-refractivity contribution in [3.8, 4) is 5.75 Å². The summed E-state index contributed by atoms with van der Waals surface area (Å²) < 4.78 is 5.40. The second kappa shape index (κ2) is 6.48. The summed E-state index contributed by atoms with van der Waals surface area (Å²) >= 11 is 1.76. The van der Waals surface area contributed by atoms with E-state index in [2.05, 4.69) is 33.1 Å². The van der Waals surface area contributed by atoms with E-state index in [9.17, 15) is 5.11 Å². The Hall–Kier alpha value is -0.670. The van der Waals surface area contributed by atoms with E-state index in [4.69, 9.17) is 4.74 Å². The van der Waals surface area contributed by atoms with Gasteiger partial charge in [0.1, 0.15) is 5.75 Å². The highest BCUT2D eigenvalue weighted by molar-refractivity contribution is 7.98. The van der Waals surface area contributed by atoms with E-state index in [-0.39, 0.29) is 11.5 Å². The van der Waals surface area contributed by atoms with E-state index < -0.39 is 0 Å². The number of rotatable bonds is 5. The molecule has 0 heterocycles. The second-order valence-corrected chi connectivity index (χ2v) is 6.49. The van der Waals surface area contributed by atoms with Crippen LogP contribution in [0.5, 0.6) is 5.75 Å². The lowest BCUT2D eigenvalue weighted by atomic mass is 9.84. The van der Waals surface area contributed by atoms with Crippen LogP contribution in [0, 0.1) is 0 Å². The molecule has 0 aliphatic rings. The summed E-state index contributed by atoms with van der Waals surface area (Å²) in [5.41, 5.74) is 2.14. The van der Waals surface area contributed by atoms with Gasteiger partial charge in [-0.15, -0.1) is 0 Å². The topological polar surface area (TPSA) is 29.5 Å². The number of hydrogen-bond acceptors (Lipinski definition) is 3. The Labute approximate surface area is 115 Å². The van der Waals surface area contributed by atoms with Gasteiger partial charge in [0.25, 0.3) is 0 Å². The molecule has 1 N–H and O–H groups in total. The average Bonchev–Trinajstić information content (AvgIpc) is 2.34. The van der Waals surface area contributed by atoms with Gasteiger partial charge < -0.3 is 9.84 Å². The molecule has 0 amide bonds. The molecule has 0 fully saturated rings. The number of ether oxygens (including phenoxy) is 1. The Bertz CT molecular complexity index is 383. The minimum Gasteiger partial charge on any atom is -0.496 e. The maximum absolute atomic E-state index is 10.2. The highest BCUT2D eigenvalue weighted by Crippen LogP contribution is 2.34. The van der Waals surface area contributed by atoms with Gasteiger partial charge in [-0.05, 0) is 47.1 Å². The molecule has 1 aromatic carbocycles. The lowest BCUT2D eigenvalue weighted by Gasteiger charge is -2.24. The van der Waals surface area contributed by atoms with Gasteiger partial charge in [-0.25, -0.2) is 0 Å². The van der Waals surface area contributed by atoms with E-state index in [0.29, 0.717) is 0 Å². The molecular formula is C15H24O2S. The molecule has 1 rings (SSSR count). The normalized spacial score (nSPS) is 13.4. The zero-order valence-electron chi connectivity index (χ0n) is 12.0. The van der Waals surface area contributed by atoms with Gasteiger partial charge in [0.2, 0.25) is 0 Å². The number of methoxy groups -OCH3 is 1. The number of hydrogen-bond donors (Lipinski definition) is 1. The van der Waals surface area contributed by atoms with E-state index in [1.807, 2.05) is 12.1 Å². The van der Waals surface area contributed by atoms with E-state index >= 15 is 0 Å². The number of aliphatic hydroxyl groups is 1. The molecule has 0 aromatic heterocycles. The van der Waals surface area contributed by atoms with Gasteiger partial charge >= 0.3 is 0 Å². The molecule has 1 unspecified atom stereocenters. The monoisotopic (exact) mass is 268 g/mol. The zero-order valence-corrected chi connectivity index (χ0v) is 12.8. The molecule has 0 aliphatic heterocycles. The number of aliphatic hydroxyl groups excluding tert-OH is 1. The average molecular weight is 268 g/mol. The third-order valence-corrected chi connectivity index (χ3v) is 3.66. The summed E-state index contributed by atoms with van der Waals surface area (Å²) in [6.07, 6.45) is 2.46. The first-order valence-corrected chi connectivity index (χ1v) is 7.65. The van der Waals surface area contributed by atoms with Crippen LogP contribution in [0.25, 0.3) is 0 Å². The van der Waals surface area contributed by atoms with Crippen molar-refractivity contribution in [3.05, 3.63) is 29.3 Å². The van der Waals surface area contributed by atoms with Crippen molar-refractivity contribution < 1.29 is 9.84 Å². The molecule has 0 saturated heterocycles. The van der Waals surface area contributed by atoms with Gasteiger partial charge in [0.15, 0.2) is 0 Å². The summed E-state index contributed by atoms with van der Waals surface area (Å²) in [4.78, 5) is 0. The fourth-order valence-electron chi connectivity index (χ4n) is 1.92. The highest BCUT2D eigenvalue weighted by atomic mass is 32.2. The Morgan fingerprint density at radius 1 is 1.33 bits per heavy atom. The van der Waals surface area contributed by atoms with Crippen LogP contribution in [-0.4, -0.2) is 24.2 Å². The predicted molar refractivity (Wildman–Crippen MR) is 79.7 cm³/mol. The summed E-state index contributed by atoms with van der Waals surface area (Å²) in [5, 5.41) is 10.2. The van der Waals surface area contributed by atoms with Gasteiger partial charge in [-0.3, -0.25) is 0 Å². The Balaban J connectivity index is 3.03. The Kier molecular flexibility index (Phi) is 5.54. The third-order valence-electron chi connectivity index (χ3n) is 3.01. The summed E-state index contributed by atoms with van der Waals surface area (Å²) in [5.74, 6) is 1.86. The van der Waals surface area contributed by atoms with Crippen molar-refractivity contribution in [2.45, 2.75) is 38.7 Å². The minimum atomic E-state index is -0.385.